The minimum Gasteiger partial charge on any atom is -0.456 e. The van der Waals surface area contributed by atoms with Gasteiger partial charge in [-0.05, 0) is 35.9 Å². The van der Waals surface area contributed by atoms with Crippen LogP contribution in [0.15, 0.2) is 40.9 Å². The van der Waals surface area contributed by atoms with Crippen molar-refractivity contribution in [3.8, 4) is 11.5 Å². The third kappa shape index (κ3) is 3.02. The second kappa shape index (κ2) is 5.69. The lowest BCUT2D eigenvalue weighted by atomic mass is 10.2. The highest BCUT2D eigenvalue weighted by Gasteiger charge is 2.06. The van der Waals surface area contributed by atoms with Gasteiger partial charge in [0.15, 0.2) is 0 Å². The van der Waals surface area contributed by atoms with Crippen LogP contribution in [0.25, 0.3) is 0 Å². The van der Waals surface area contributed by atoms with Gasteiger partial charge in [-0.3, -0.25) is 0 Å². The topological polar surface area (TPSA) is 35.2 Å². The predicted molar refractivity (Wildman–Crippen MR) is 73.5 cm³/mol. The van der Waals surface area contributed by atoms with Crippen LogP contribution in [0.3, 0.4) is 0 Å². The van der Waals surface area contributed by atoms with Crippen LogP contribution in [0.4, 0.5) is 4.39 Å². The molecule has 2 aromatic carbocycles. The van der Waals surface area contributed by atoms with E-state index in [4.69, 9.17) is 22.1 Å². The molecular formula is C13H10BrClFNO. The summed E-state index contributed by atoms with van der Waals surface area (Å²) in [5, 5.41) is 0.231. The molecule has 2 N–H and O–H groups in total. The number of hydrogen-bond acceptors (Lipinski definition) is 2. The first kappa shape index (κ1) is 13.3. The Kier molecular flexibility index (Phi) is 4.22. The molecule has 0 amide bonds. The average Bonchev–Trinajstić information content (AvgIpc) is 2.33. The van der Waals surface area contributed by atoms with Crippen LogP contribution < -0.4 is 10.5 Å². The smallest absolute Gasteiger partial charge is 0.146 e. The third-order valence-electron chi connectivity index (χ3n) is 2.37. The van der Waals surface area contributed by atoms with E-state index < -0.39 is 5.82 Å². The van der Waals surface area contributed by atoms with Gasteiger partial charge in [-0.2, -0.15) is 0 Å². The predicted octanol–water partition coefficient (Wildman–Crippen LogP) is 4.49. The Hall–Kier alpha value is -1.10. The van der Waals surface area contributed by atoms with E-state index in [0.717, 1.165) is 10.0 Å². The number of halogens is 3. The SMILES string of the molecule is NCc1ccc(Oc2ccc(F)cc2Cl)cc1Br. The number of hydrogen-bond donors (Lipinski definition) is 1. The van der Waals surface area contributed by atoms with Gasteiger partial charge in [0.1, 0.15) is 17.3 Å². The van der Waals surface area contributed by atoms with E-state index in [2.05, 4.69) is 15.9 Å². The summed E-state index contributed by atoms with van der Waals surface area (Å²) in [7, 11) is 0. The van der Waals surface area contributed by atoms with Crippen molar-refractivity contribution in [2.75, 3.05) is 0 Å². The van der Waals surface area contributed by atoms with Crippen LogP contribution in [0.1, 0.15) is 5.56 Å². The summed E-state index contributed by atoms with van der Waals surface area (Å²) in [5.74, 6) is 0.616. The van der Waals surface area contributed by atoms with E-state index in [1.807, 2.05) is 6.07 Å². The van der Waals surface area contributed by atoms with Crippen LogP contribution in [-0.4, -0.2) is 0 Å². The Balaban J connectivity index is 2.26. The van der Waals surface area contributed by atoms with Crippen molar-refractivity contribution < 1.29 is 9.13 Å². The fraction of sp³-hybridized carbons (Fsp3) is 0.0769. The summed E-state index contributed by atoms with van der Waals surface area (Å²) >= 11 is 9.28. The molecule has 0 saturated carbocycles. The quantitative estimate of drug-likeness (QED) is 0.899. The fourth-order valence-corrected chi connectivity index (χ4v) is 2.17. The molecule has 18 heavy (non-hydrogen) atoms. The monoisotopic (exact) mass is 329 g/mol. The molecule has 2 nitrogen and oxygen atoms in total. The first-order valence-electron chi connectivity index (χ1n) is 5.21. The molecule has 0 radical (unpaired) electrons. The van der Waals surface area contributed by atoms with Crippen molar-refractivity contribution in [1.82, 2.24) is 0 Å². The lowest BCUT2D eigenvalue weighted by Crippen LogP contribution is -1.97. The highest BCUT2D eigenvalue weighted by Crippen LogP contribution is 2.31. The number of rotatable bonds is 3. The maximum absolute atomic E-state index is 12.9. The van der Waals surface area contributed by atoms with Crippen LogP contribution in [0, 0.1) is 5.82 Å². The standard InChI is InChI=1S/C13H10BrClFNO/c14-11-6-10(3-1-8(11)7-17)18-13-4-2-9(16)5-12(13)15/h1-6H,7,17H2. The molecule has 0 aliphatic carbocycles. The highest BCUT2D eigenvalue weighted by molar-refractivity contribution is 9.10. The van der Waals surface area contributed by atoms with Gasteiger partial charge in [0, 0.05) is 11.0 Å². The van der Waals surface area contributed by atoms with E-state index in [0.29, 0.717) is 18.0 Å². The number of nitrogens with two attached hydrogens (primary N) is 1. The Bertz CT molecular complexity index is 577. The van der Waals surface area contributed by atoms with Crippen LogP contribution in [0.5, 0.6) is 11.5 Å². The van der Waals surface area contributed by atoms with Crippen molar-refractivity contribution in [3.05, 3.63) is 57.3 Å². The zero-order chi connectivity index (χ0) is 13.1. The molecule has 0 aliphatic heterocycles. The second-order valence-electron chi connectivity index (χ2n) is 3.63. The van der Waals surface area contributed by atoms with Crippen LogP contribution in [-0.2, 0) is 6.54 Å². The Morgan fingerprint density at radius 1 is 1.22 bits per heavy atom. The molecule has 0 unspecified atom stereocenters. The molecular weight excluding hydrogens is 321 g/mol. The molecule has 0 aromatic heterocycles. The molecule has 5 heteroatoms. The van der Waals surface area contributed by atoms with Gasteiger partial charge in [-0.25, -0.2) is 4.39 Å². The lowest BCUT2D eigenvalue weighted by molar-refractivity contribution is 0.480. The summed E-state index contributed by atoms with van der Waals surface area (Å²) in [5.41, 5.74) is 6.54. The van der Waals surface area contributed by atoms with Crippen molar-refractivity contribution in [2.45, 2.75) is 6.54 Å². The second-order valence-corrected chi connectivity index (χ2v) is 4.90. The Morgan fingerprint density at radius 2 is 2.00 bits per heavy atom. The minimum absolute atomic E-state index is 0.231. The van der Waals surface area contributed by atoms with Crippen molar-refractivity contribution in [3.63, 3.8) is 0 Å². The molecule has 0 fully saturated rings. The maximum atomic E-state index is 12.9. The summed E-state index contributed by atoms with van der Waals surface area (Å²) in [6.45, 7) is 0.443. The highest BCUT2D eigenvalue weighted by atomic mass is 79.9. The van der Waals surface area contributed by atoms with Gasteiger partial charge < -0.3 is 10.5 Å². The first-order chi connectivity index (χ1) is 8.60. The average molecular weight is 331 g/mol. The van der Waals surface area contributed by atoms with Crippen LogP contribution in [0.2, 0.25) is 5.02 Å². The molecule has 0 heterocycles. The van der Waals surface area contributed by atoms with E-state index in [1.54, 1.807) is 12.1 Å². The fourth-order valence-electron chi connectivity index (χ4n) is 1.44. The van der Waals surface area contributed by atoms with Gasteiger partial charge in [-0.1, -0.05) is 33.6 Å². The van der Waals surface area contributed by atoms with Gasteiger partial charge in [0.2, 0.25) is 0 Å². The molecule has 2 aromatic rings. The Morgan fingerprint density at radius 3 is 2.61 bits per heavy atom. The molecule has 94 valence electrons. The largest absolute Gasteiger partial charge is 0.456 e. The molecule has 0 saturated heterocycles. The third-order valence-corrected chi connectivity index (χ3v) is 3.40. The Labute approximate surface area is 118 Å². The van der Waals surface area contributed by atoms with Gasteiger partial charge in [0.25, 0.3) is 0 Å². The van der Waals surface area contributed by atoms with E-state index >= 15 is 0 Å². The maximum Gasteiger partial charge on any atom is 0.146 e. The minimum atomic E-state index is -0.396. The number of ether oxygens (including phenoxy) is 1. The van der Waals surface area contributed by atoms with E-state index in [-0.39, 0.29) is 5.02 Å². The van der Waals surface area contributed by atoms with E-state index in [9.17, 15) is 4.39 Å². The summed E-state index contributed by atoms with van der Waals surface area (Å²) < 4.78 is 19.3. The zero-order valence-corrected chi connectivity index (χ0v) is 11.6. The molecule has 0 atom stereocenters. The van der Waals surface area contributed by atoms with Gasteiger partial charge in [0.05, 0.1) is 5.02 Å². The zero-order valence-electron chi connectivity index (χ0n) is 9.29. The lowest BCUT2D eigenvalue weighted by Gasteiger charge is -2.09. The molecule has 0 aliphatic rings. The van der Waals surface area contributed by atoms with Gasteiger partial charge in [-0.15, -0.1) is 0 Å². The van der Waals surface area contributed by atoms with Crippen molar-refractivity contribution in [1.29, 1.82) is 0 Å². The normalized spacial score (nSPS) is 10.4. The molecule has 0 bridgehead atoms. The first-order valence-corrected chi connectivity index (χ1v) is 6.38. The van der Waals surface area contributed by atoms with Crippen molar-refractivity contribution in [2.24, 2.45) is 5.73 Å². The van der Waals surface area contributed by atoms with E-state index in [1.165, 1.54) is 18.2 Å². The van der Waals surface area contributed by atoms with Crippen molar-refractivity contribution >= 4 is 27.5 Å². The summed E-state index contributed by atoms with van der Waals surface area (Å²) in [6.07, 6.45) is 0. The van der Waals surface area contributed by atoms with Crippen LogP contribution >= 0.6 is 27.5 Å². The number of benzene rings is 2. The van der Waals surface area contributed by atoms with Gasteiger partial charge >= 0.3 is 0 Å². The summed E-state index contributed by atoms with van der Waals surface area (Å²) in [4.78, 5) is 0. The molecule has 0 spiro atoms. The molecule has 2 rings (SSSR count). The summed E-state index contributed by atoms with van der Waals surface area (Å²) in [6, 6.07) is 9.43.